The van der Waals surface area contributed by atoms with Crippen molar-refractivity contribution < 1.29 is 78.0 Å². The van der Waals surface area contributed by atoms with Crippen LogP contribution in [0.15, 0.2) is 0 Å². The van der Waals surface area contributed by atoms with Crippen LogP contribution in [0, 0.1) is 0 Å². The Morgan fingerprint density at radius 1 is 1.25 bits per heavy atom. The molecule has 0 aliphatic heterocycles. The van der Waals surface area contributed by atoms with Gasteiger partial charge in [0.25, 0.3) is 0 Å². The Morgan fingerprint density at radius 3 is 1.25 bits per heavy atom. The monoisotopic (exact) mass is 255 g/mol. The Kier molecular flexibility index (Phi) is 95.7. The Labute approximate surface area is 131 Å². The zero-order valence-corrected chi connectivity index (χ0v) is 11.0. The molecule has 0 aliphatic carbocycles. The molecule has 0 aromatic heterocycles. The van der Waals surface area contributed by atoms with E-state index in [0.29, 0.717) is 0 Å². The van der Waals surface area contributed by atoms with Gasteiger partial charge < -0.3 is 4.28 Å². The van der Waals surface area contributed by atoms with Crippen LogP contribution in [0.5, 0.6) is 0 Å². The van der Waals surface area contributed by atoms with Crippen molar-refractivity contribution in [3.05, 3.63) is 0 Å². The van der Waals surface area contributed by atoms with Gasteiger partial charge in [-0.1, -0.05) is 0 Å². The van der Waals surface area contributed by atoms with Crippen molar-refractivity contribution in [3.63, 3.8) is 0 Å². The van der Waals surface area contributed by atoms with Gasteiger partial charge >= 0.3 is 96.9 Å². The molecule has 0 unspecified atom stereocenters. The van der Waals surface area contributed by atoms with Crippen molar-refractivity contribution in [1.82, 2.24) is 0 Å². The van der Waals surface area contributed by atoms with Crippen LogP contribution in [0.3, 0.4) is 0 Å². The van der Waals surface area contributed by atoms with Crippen LogP contribution in [0.2, 0.25) is 0 Å². The summed E-state index contributed by atoms with van der Waals surface area (Å²) < 4.78 is 0. The van der Waals surface area contributed by atoms with E-state index in [-0.39, 0.29) is 134 Å². The van der Waals surface area contributed by atoms with E-state index < -0.39 is 0 Å². The van der Waals surface area contributed by atoms with Gasteiger partial charge in [0.15, 0.2) is 0 Å². The summed E-state index contributed by atoms with van der Waals surface area (Å²) >= 11 is 0. The molecule has 0 aromatic carbocycles. The second-order valence-electron chi connectivity index (χ2n) is 0. The molecule has 0 saturated carbocycles. The van der Waals surface area contributed by atoms with E-state index in [1.807, 2.05) is 0 Å². The molecule has 0 heterocycles. The first-order valence-corrected chi connectivity index (χ1v) is 0. The molecule has 0 saturated heterocycles. The number of rotatable bonds is 0. The zero-order chi connectivity index (χ0) is 0. The van der Waals surface area contributed by atoms with Crippen molar-refractivity contribution in [3.8, 4) is 0 Å². The van der Waals surface area contributed by atoms with Gasteiger partial charge in [-0.05, 0) is 11.0 Å². The molecule has 4 heavy (non-hydrogen) atoms. The third-order valence-electron chi connectivity index (χ3n) is 0. The van der Waals surface area contributed by atoms with E-state index in [9.17, 15) is 0 Å². The SMILES string of the molecule is [H-].[H-].[H-].[K+].[Nb].[SiH4].[Sr+2]. The largest absolute Gasteiger partial charge is 2.00 e. The fourth-order valence-electron chi connectivity index (χ4n) is 0. The fourth-order valence-corrected chi connectivity index (χ4v) is 0. The van der Waals surface area contributed by atoms with E-state index in [2.05, 4.69) is 0 Å². The van der Waals surface area contributed by atoms with Gasteiger partial charge in [-0.15, -0.1) is 0 Å². The minimum atomic E-state index is 0. The summed E-state index contributed by atoms with van der Waals surface area (Å²) in [7, 11) is 0. The Balaban J connectivity index is 0. The van der Waals surface area contributed by atoms with Crippen LogP contribution in [0.1, 0.15) is 4.28 Å². The van der Waals surface area contributed by atoms with Gasteiger partial charge in [0.2, 0.25) is 0 Å². The van der Waals surface area contributed by atoms with E-state index in [1.165, 1.54) is 0 Å². The van der Waals surface area contributed by atoms with Crippen LogP contribution in [0.25, 0.3) is 0 Å². The second-order valence-corrected chi connectivity index (χ2v) is 0. The maximum Gasteiger partial charge on any atom is 2.00 e. The van der Waals surface area contributed by atoms with Crippen LogP contribution >= 0.6 is 0 Å². The van der Waals surface area contributed by atoms with Gasteiger partial charge in [-0.3, -0.25) is 0 Å². The molecule has 0 spiro atoms. The first-order valence-electron chi connectivity index (χ1n) is 0. The molecule has 0 aromatic rings. The summed E-state index contributed by atoms with van der Waals surface area (Å²) in [6.07, 6.45) is 0. The van der Waals surface area contributed by atoms with Crippen molar-refractivity contribution in [2.45, 2.75) is 0 Å². The topological polar surface area (TPSA) is 0 Å². The molecule has 0 aliphatic rings. The average molecular weight is 255 g/mol. The normalized spacial score (nSPS) is 0. The maximum absolute atomic E-state index is 0. The minimum Gasteiger partial charge on any atom is -1.00 e. The summed E-state index contributed by atoms with van der Waals surface area (Å²) in [5.41, 5.74) is 0. The van der Waals surface area contributed by atoms with Crippen molar-refractivity contribution in [2.24, 2.45) is 0 Å². The van der Waals surface area contributed by atoms with E-state index in [1.54, 1.807) is 0 Å². The quantitative estimate of drug-likeness (QED) is 0.383. The van der Waals surface area contributed by atoms with Crippen molar-refractivity contribution in [2.75, 3.05) is 0 Å². The van der Waals surface area contributed by atoms with Gasteiger partial charge in [0.05, 0.1) is 0 Å². The summed E-state index contributed by atoms with van der Waals surface area (Å²) in [4.78, 5) is 0. The molecular weight excluding hydrogens is 248 g/mol. The first-order chi connectivity index (χ1) is 0. The summed E-state index contributed by atoms with van der Waals surface area (Å²) in [6, 6.07) is 0. The Bertz CT molecular complexity index is 14.9. The van der Waals surface area contributed by atoms with Gasteiger partial charge in [-0.2, -0.15) is 0 Å². The molecule has 0 fully saturated rings. The molecule has 1 radical (unpaired) electrons. The van der Waals surface area contributed by atoms with Gasteiger partial charge in [0, 0.05) is 22.4 Å². The van der Waals surface area contributed by atoms with Crippen LogP contribution in [-0.4, -0.2) is 56.4 Å². The Hall–Kier alpha value is 4.07. The van der Waals surface area contributed by atoms with E-state index in [4.69, 9.17) is 0 Å². The molecule has 19 valence electrons. The third-order valence-corrected chi connectivity index (χ3v) is 0. The Morgan fingerprint density at radius 2 is 1.25 bits per heavy atom. The summed E-state index contributed by atoms with van der Waals surface area (Å²) in [6.45, 7) is 0. The standard InChI is InChI=1S/K.Nb.H4Si.Sr.3H/h;;1H4;;;;/q+1;;;+2;3*-1. The van der Waals surface area contributed by atoms with E-state index >= 15 is 0 Å². The first kappa shape index (κ1) is 24.3. The fraction of sp³-hybridized carbons (Fsp3) is 0. The molecule has 0 N–H and O–H groups in total. The molecule has 0 amide bonds. The van der Waals surface area contributed by atoms with Crippen LogP contribution in [-0.2, 0) is 22.4 Å². The number of hydrogen-bond acceptors (Lipinski definition) is 0. The predicted molar refractivity (Wildman–Crippen MR) is 20.4 cm³/mol. The zero-order valence-electron chi connectivity index (χ0n) is 5.15. The summed E-state index contributed by atoms with van der Waals surface area (Å²) in [5, 5.41) is 0. The molecule has 0 nitrogen and oxygen atoms in total. The van der Waals surface area contributed by atoms with Gasteiger partial charge in [0.1, 0.15) is 0 Å². The second kappa shape index (κ2) is 15.7. The number of hydrogen-bond donors (Lipinski definition) is 0. The molecule has 0 rings (SSSR count). The van der Waals surface area contributed by atoms with Gasteiger partial charge in [-0.25, -0.2) is 0 Å². The third kappa shape index (κ3) is 9.42. The summed E-state index contributed by atoms with van der Waals surface area (Å²) in [5.74, 6) is 0. The van der Waals surface area contributed by atoms with E-state index in [0.717, 1.165) is 0 Å². The molecule has 0 atom stereocenters. The molecule has 4 heteroatoms. The smallest absolute Gasteiger partial charge is 1.00 e. The van der Waals surface area contributed by atoms with Crippen molar-refractivity contribution >= 4 is 56.4 Å². The minimum absolute atomic E-state index is 0. The molecule has 0 bridgehead atoms. The average Bonchev–Trinajstić information content (AvgIpc) is 0. The van der Waals surface area contributed by atoms with Crippen LogP contribution in [0.4, 0.5) is 0 Å². The van der Waals surface area contributed by atoms with Crippen molar-refractivity contribution in [1.29, 1.82) is 0 Å². The maximum atomic E-state index is 0. The predicted octanol–water partition coefficient (Wildman–Crippen LogP) is -4.49. The van der Waals surface area contributed by atoms with Crippen LogP contribution < -0.4 is 51.4 Å². The molecular formula is H7KNbSiSr.